The summed E-state index contributed by atoms with van der Waals surface area (Å²) in [4.78, 5) is 1.40. The van der Waals surface area contributed by atoms with Crippen molar-refractivity contribution in [1.82, 2.24) is 0 Å². The van der Waals surface area contributed by atoms with Gasteiger partial charge in [0.2, 0.25) is 0 Å². The van der Waals surface area contributed by atoms with Crippen LogP contribution in [0, 0.1) is 0 Å². The standard InChI is InChI=1S/C10H14S.2C2H6/c1-4-6-10-9(5-2)7-8(3)11-10;2*1-2/h4-6,8H,2,7H2,1,3H3;2*1-2H3/b6-4-;;. The van der Waals surface area contributed by atoms with Gasteiger partial charge < -0.3 is 0 Å². The molecule has 1 atom stereocenters. The van der Waals surface area contributed by atoms with Crippen LogP contribution in [0.2, 0.25) is 0 Å². The lowest BCUT2D eigenvalue weighted by Gasteiger charge is -1.96. The van der Waals surface area contributed by atoms with Gasteiger partial charge in [-0.25, -0.2) is 0 Å². The Labute approximate surface area is 101 Å². The lowest BCUT2D eigenvalue weighted by atomic mass is 10.1. The van der Waals surface area contributed by atoms with Crippen molar-refractivity contribution in [3.05, 3.63) is 35.3 Å². The van der Waals surface area contributed by atoms with Crippen LogP contribution in [0.3, 0.4) is 0 Å². The monoisotopic (exact) mass is 226 g/mol. The summed E-state index contributed by atoms with van der Waals surface area (Å²) in [5.41, 5.74) is 1.40. The third-order valence-electron chi connectivity index (χ3n) is 1.72. The van der Waals surface area contributed by atoms with Gasteiger partial charge in [-0.1, -0.05) is 59.4 Å². The zero-order valence-electron chi connectivity index (χ0n) is 11.1. The summed E-state index contributed by atoms with van der Waals surface area (Å²) in [6, 6.07) is 0. The van der Waals surface area contributed by atoms with E-state index in [1.165, 1.54) is 16.9 Å². The molecule has 0 fully saturated rings. The first kappa shape index (κ1) is 17.0. The Balaban J connectivity index is 0. The molecule has 1 unspecified atom stereocenters. The molecular weight excluding hydrogens is 200 g/mol. The molecule has 0 saturated heterocycles. The lowest BCUT2D eigenvalue weighted by Crippen LogP contribution is -1.86. The van der Waals surface area contributed by atoms with Gasteiger partial charge in [-0.2, -0.15) is 0 Å². The van der Waals surface area contributed by atoms with Gasteiger partial charge in [0.25, 0.3) is 0 Å². The second kappa shape index (κ2) is 11.6. The van der Waals surface area contributed by atoms with Crippen molar-refractivity contribution >= 4 is 11.8 Å². The minimum Gasteiger partial charge on any atom is -0.122 e. The molecule has 0 radical (unpaired) electrons. The largest absolute Gasteiger partial charge is 0.122 e. The molecule has 0 bridgehead atoms. The quantitative estimate of drug-likeness (QED) is 0.592. The zero-order valence-corrected chi connectivity index (χ0v) is 11.9. The van der Waals surface area contributed by atoms with Crippen molar-refractivity contribution in [3.8, 4) is 0 Å². The Morgan fingerprint density at radius 2 is 1.80 bits per heavy atom. The van der Waals surface area contributed by atoms with Crippen LogP contribution in [0.4, 0.5) is 0 Å². The van der Waals surface area contributed by atoms with E-state index in [9.17, 15) is 0 Å². The normalized spacial score (nSPS) is 19.2. The smallest absolute Gasteiger partial charge is 0.0107 e. The van der Waals surface area contributed by atoms with Gasteiger partial charge >= 0.3 is 0 Å². The van der Waals surface area contributed by atoms with E-state index in [4.69, 9.17) is 0 Å². The van der Waals surface area contributed by atoms with Gasteiger partial charge in [0, 0.05) is 10.2 Å². The molecule has 0 saturated carbocycles. The fourth-order valence-corrected chi connectivity index (χ4v) is 2.46. The molecule has 15 heavy (non-hydrogen) atoms. The van der Waals surface area contributed by atoms with Crippen molar-refractivity contribution in [1.29, 1.82) is 0 Å². The van der Waals surface area contributed by atoms with E-state index < -0.39 is 0 Å². The average molecular weight is 226 g/mol. The fourth-order valence-electron chi connectivity index (χ4n) is 1.23. The zero-order chi connectivity index (χ0) is 12.3. The molecule has 0 spiro atoms. The highest BCUT2D eigenvalue weighted by Gasteiger charge is 2.16. The van der Waals surface area contributed by atoms with Crippen LogP contribution in [0.15, 0.2) is 35.3 Å². The maximum Gasteiger partial charge on any atom is 0.0107 e. The van der Waals surface area contributed by atoms with E-state index >= 15 is 0 Å². The number of rotatable bonds is 2. The third-order valence-corrected chi connectivity index (χ3v) is 2.94. The highest BCUT2D eigenvalue weighted by molar-refractivity contribution is 8.04. The summed E-state index contributed by atoms with van der Waals surface area (Å²) in [7, 11) is 0. The van der Waals surface area contributed by atoms with Gasteiger partial charge in [-0.15, -0.1) is 11.8 Å². The van der Waals surface area contributed by atoms with Crippen LogP contribution < -0.4 is 0 Å². The van der Waals surface area contributed by atoms with Crippen molar-refractivity contribution in [2.24, 2.45) is 0 Å². The Hall–Kier alpha value is -0.430. The Kier molecular flexibility index (Phi) is 13.2. The Bertz CT molecular complexity index is 211. The molecule has 88 valence electrons. The molecule has 0 nitrogen and oxygen atoms in total. The van der Waals surface area contributed by atoms with Crippen LogP contribution in [-0.2, 0) is 0 Å². The predicted molar refractivity (Wildman–Crippen MR) is 76.4 cm³/mol. The molecule has 1 heterocycles. The molecule has 0 N–H and O–H groups in total. The van der Waals surface area contributed by atoms with Gasteiger partial charge in [0.05, 0.1) is 0 Å². The summed E-state index contributed by atoms with van der Waals surface area (Å²) >= 11 is 1.94. The second-order valence-corrected chi connectivity index (χ2v) is 4.21. The predicted octanol–water partition coefficient (Wildman–Crippen LogP) is 5.58. The highest BCUT2D eigenvalue weighted by atomic mass is 32.2. The maximum atomic E-state index is 3.80. The van der Waals surface area contributed by atoms with Gasteiger partial charge in [0.1, 0.15) is 0 Å². The SMILES string of the molecule is C=CC1=C(/C=C\C)SC(C)C1.CC.CC. The number of allylic oxidation sites excluding steroid dienone is 4. The van der Waals surface area contributed by atoms with Gasteiger partial charge in [-0.3, -0.25) is 0 Å². The van der Waals surface area contributed by atoms with Crippen molar-refractivity contribution in [2.45, 2.75) is 53.2 Å². The summed E-state index contributed by atoms with van der Waals surface area (Å²) in [5, 5.41) is 0.731. The first-order chi connectivity index (χ1) is 7.27. The van der Waals surface area contributed by atoms with Gasteiger partial charge in [-0.05, 0) is 18.9 Å². The van der Waals surface area contributed by atoms with Crippen LogP contribution >= 0.6 is 11.8 Å². The van der Waals surface area contributed by atoms with Crippen LogP contribution in [-0.4, -0.2) is 5.25 Å². The van der Waals surface area contributed by atoms with E-state index in [2.05, 4.69) is 32.6 Å². The fraction of sp³-hybridized carbons (Fsp3) is 0.571. The number of hydrogen-bond donors (Lipinski definition) is 0. The van der Waals surface area contributed by atoms with Gasteiger partial charge in [0.15, 0.2) is 0 Å². The number of thioether (sulfide) groups is 1. The molecule has 0 aromatic heterocycles. The van der Waals surface area contributed by atoms with E-state index in [0.29, 0.717) is 0 Å². The summed E-state index contributed by atoms with van der Waals surface area (Å²) < 4.78 is 0. The van der Waals surface area contributed by atoms with E-state index in [-0.39, 0.29) is 0 Å². The average Bonchev–Trinajstić information content (AvgIpc) is 2.65. The first-order valence-electron chi connectivity index (χ1n) is 5.93. The minimum atomic E-state index is 0.731. The topological polar surface area (TPSA) is 0 Å². The maximum absolute atomic E-state index is 3.80. The van der Waals surface area contributed by atoms with E-state index in [1.54, 1.807) is 0 Å². The summed E-state index contributed by atoms with van der Waals surface area (Å²) in [6.07, 6.45) is 7.41. The highest BCUT2D eigenvalue weighted by Crippen LogP contribution is 2.38. The molecular formula is C14H26S. The second-order valence-electron chi connectivity index (χ2n) is 2.73. The van der Waals surface area contributed by atoms with Crippen molar-refractivity contribution < 1.29 is 0 Å². The summed E-state index contributed by atoms with van der Waals surface area (Å²) in [6.45, 7) is 16.1. The lowest BCUT2D eigenvalue weighted by molar-refractivity contribution is 0.970. The Morgan fingerprint density at radius 1 is 1.27 bits per heavy atom. The molecule has 1 rings (SSSR count). The molecule has 1 aliphatic heterocycles. The third kappa shape index (κ3) is 6.62. The number of hydrogen-bond acceptors (Lipinski definition) is 1. The van der Waals surface area contributed by atoms with Crippen molar-refractivity contribution in [3.63, 3.8) is 0 Å². The molecule has 0 aromatic rings. The van der Waals surface area contributed by atoms with Crippen LogP contribution in [0.1, 0.15) is 48.0 Å². The van der Waals surface area contributed by atoms with E-state index in [0.717, 1.165) is 5.25 Å². The molecule has 0 aromatic carbocycles. The van der Waals surface area contributed by atoms with Crippen molar-refractivity contribution in [2.75, 3.05) is 0 Å². The molecule has 0 amide bonds. The molecule has 1 heteroatoms. The molecule has 0 aliphatic carbocycles. The first-order valence-corrected chi connectivity index (χ1v) is 6.80. The van der Waals surface area contributed by atoms with E-state index in [1.807, 2.05) is 45.5 Å². The Morgan fingerprint density at radius 3 is 2.20 bits per heavy atom. The summed E-state index contributed by atoms with van der Waals surface area (Å²) in [5.74, 6) is 0. The van der Waals surface area contributed by atoms with Crippen LogP contribution in [0.25, 0.3) is 0 Å². The van der Waals surface area contributed by atoms with Crippen LogP contribution in [0.5, 0.6) is 0 Å². The molecule has 1 aliphatic rings. The minimum absolute atomic E-state index is 0.731.